The van der Waals surface area contributed by atoms with Gasteiger partial charge in [-0.05, 0) is 31.2 Å². The van der Waals surface area contributed by atoms with Gasteiger partial charge in [0.1, 0.15) is 0 Å². The van der Waals surface area contributed by atoms with E-state index in [-0.39, 0.29) is 37.0 Å². The minimum Gasteiger partial charge on any atom is -0.396 e. The summed E-state index contributed by atoms with van der Waals surface area (Å²) in [5.41, 5.74) is 21.6. The maximum absolute atomic E-state index is 8.58. The molecule has 192 valence electrons. The number of alkyl halides is 1. The van der Waals surface area contributed by atoms with Crippen LogP contribution in [0.3, 0.4) is 0 Å². The summed E-state index contributed by atoms with van der Waals surface area (Å²) < 4.78 is 0. The van der Waals surface area contributed by atoms with Crippen LogP contribution in [0.2, 0.25) is 0 Å². The number of aliphatic hydroxyl groups is 2. The molecule has 0 aromatic rings. The van der Waals surface area contributed by atoms with Gasteiger partial charge in [-0.15, -0.1) is 0 Å². The number of rotatable bonds is 21. The number of hydrogen-bond donors (Lipinski definition) is 2. The molecule has 0 aliphatic carbocycles. The molecule has 8 nitrogen and oxygen atoms in total. The van der Waals surface area contributed by atoms with Gasteiger partial charge in [0.2, 0.25) is 0 Å². The third kappa shape index (κ3) is 59.5. The zero-order chi connectivity index (χ0) is 23.7. The molecule has 0 atom stereocenters. The fourth-order valence-corrected chi connectivity index (χ4v) is 3.42. The Morgan fingerprint density at radius 3 is 1.09 bits per heavy atom. The Hall–Kier alpha value is 0.0200. The van der Waals surface area contributed by atoms with Crippen LogP contribution in [-0.4, -0.2) is 35.3 Å². The van der Waals surface area contributed by atoms with Gasteiger partial charge in [-0.1, -0.05) is 118 Å². The second-order valence-corrected chi connectivity index (χ2v) is 8.34. The molecular formula is C23H50BrN6NaO2. The van der Waals surface area contributed by atoms with Crippen LogP contribution in [0.15, 0.2) is 5.11 Å². The molecular weight excluding hydrogens is 495 g/mol. The molecule has 0 saturated heterocycles. The molecule has 0 aromatic carbocycles. The van der Waals surface area contributed by atoms with E-state index in [0.717, 1.165) is 31.0 Å². The van der Waals surface area contributed by atoms with Crippen LogP contribution in [0.1, 0.15) is 123 Å². The molecule has 33 heavy (non-hydrogen) atoms. The molecule has 0 fully saturated rings. The smallest absolute Gasteiger partial charge is 0.396 e. The first-order valence-electron chi connectivity index (χ1n) is 12.0. The maximum Gasteiger partial charge on any atom is 1.00 e. The summed E-state index contributed by atoms with van der Waals surface area (Å²) in [5.74, 6) is 0. The van der Waals surface area contributed by atoms with E-state index in [0.29, 0.717) is 19.8 Å². The van der Waals surface area contributed by atoms with Crippen molar-refractivity contribution in [2.24, 2.45) is 5.11 Å². The molecule has 0 aliphatic heterocycles. The van der Waals surface area contributed by atoms with E-state index in [2.05, 4.69) is 26.0 Å². The fraction of sp³-hybridized carbons (Fsp3) is 1.00. The Balaban J connectivity index is -0.000000135. The average Bonchev–Trinajstić information content (AvgIpc) is 2.77. The van der Waals surface area contributed by atoms with Crippen molar-refractivity contribution in [1.82, 2.24) is 0 Å². The van der Waals surface area contributed by atoms with Crippen molar-refractivity contribution in [1.29, 1.82) is 0 Å². The third-order valence-corrected chi connectivity index (χ3v) is 5.33. The van der Waals surface area contributed by atoms with Crippen molar-refractivity contribution in [2.75, 3.05) is 25.1 Å². The largest absolute Gasteiger partial charge is 1.00 e. The fourth-order valence-electron chi connectivity index (χ4n) is 3.02. The van der Waals surface area contributed by atoms with Crippen LogP contribution >= 0.6 is 15.9 Å². The predicted octanol–water partition coefficient (Wildman–Crippen LogP) is 6.19. The van der Waals surface area contributed by atoms with Crippen LogP contribution in [0.5, 0.6) is 0 Å². The molecule has 0 bridgehead atoms. The molecule has 0 heterocycles. The van der Waals surface area contributed by atoms with Crippen molar-refractivity contribution in [2.45, 2.75) is 123 Å². The van der Waals surface area contributed by atoms with Crippen LogP contribution in [0, 0.1) is 0 Å². The molecule has 10 heteroatoms. The molecule has 0 unspecified atom stereocenters. The van der Waals surface area contributed by atoms with Gasteiger partial charge in [0.15, 0.2) is 0 Å². The van der Waals surface area contributed by atoms with Crippen molar-refractivity contribution in [3.8, 4) is 0 Å². The summed E-state index contributed by atoms with van der Waals surface area (Å²) in [4.78, 5) is 4.22. The van der Waals surface area contributed by atoms with Gasteiger partial charge in [-0.3, -0.25) is 4.91 Å². The van der Waals surface area contributed by atoms with Gasteiger partial charge >= 0.3 is 29.6 Å². The normalized spacial score (nSPS) is 8.94. The minimum atomic E-state index is 0. The first kappa shape index (κ1) is 43.1. The minimum absolute atomic E-state index is 0. The van der Waals surface area contributed by atoms with E-state index < -0.39 is 0 Å². The van der Waals surface area contributed by atoms with Gasteiger partial charge in [0.25, 0.3) is 0 Å². The number of halogens is 1. The molecule has 0 aromatic heterocycles. The topological polar surface area (TPSA) is 148 Å². The SMILES string of the molecule is C.OCCCCCCCCCCCBr.[N-]=[N+]=NCCCCCCCCCCCO.[N-]=[N+]=[N-].[Na+]. The molecule has 0 rings (SSSR count). The molecule has 0 saturated carbocycles. The monoisotopic (exact) mass is 544 g/mol. The standard InChI is InChI=1S/C11H23BrO.C11H23N3O.CH4.N3.Na/c12-10-8-6-4-2-1-3-5-7-9-11-13;12-14-13-10-8-6-4-2-1-3-5-7-9-11-15;;1-3-2;/h13H,1-11H2;15H,1-11H2;1H4;;/q;;;-1;+1. The first-order valence-corrected chi connectivity index (χ1v) is 13.1. The van der Waals surface area contributed by atoms with E-state index in [1.807, 2.05) is 0 Å². The summed E-state index contributed by atoms with van der Waals surface area (Å²) >= 11 is 3.44. The van der Waals surface area contributed by atoms with Gasteiger partial charge in [0.05, 0.1) is 0 Å². The Morgan fingerprint density at radius 1 is 0.545 bits per heavy atom. The van der Waals surface area contributed by atoms with Crippen LogP contribution < -0.4 is 29.6 Å². The van der Waals surface area contributed by atoms with Crippen molar-refractivity contribution in [3.63, 3.8) is 0 Å². The number of unbranched alkanes of at least 4 members (excludes halogenated alkanes) is 16. The quantitative estimate of drug-likeness (QED) is 0.0442. The second kappa shape index (κ2) is 49.2. The summed E-state index contributed by atoms with van der Waals surface area (Å²) in [6.45, 7) is 1.34. The number of nitrogens with zero attached hydrogens (tertiary/aromatic N) is 6. The summed E-state index contributed by atoms with van der Waals surface area (Å²) in [6.07, 6.45) is 22.4. The zero-order valence-corrected chi connectivity index (χ0v) is 24.1. The van der Waals surface area contributed by atoms with Gasteiger partial charge < -0.3 is 21.3 Å². The molecule has 0 spiro atoms. The second-order valence-electron chi connectivity index (χ2n) is 7.54. The Kier molecular flexibility index (Phi) is 64.3. The van der Waals surface area contributed by atoms with Crippen molar-refractivity contribution >= 4 is 15.9 Å². The van der Waals surface area contributed by atoms with Crippen LogP contribution in [0.4, 0.5) is 0 Å². The van der Waals surface area contributed by atoms with E-state index in [1.54, 1.807) is 0 Å². The van der Waals surface area contributed by atoms with Crippen molar-refractivity contribution in [3.05, 3.63) is 26.4 Å². The van der Waals surface area contributed by atoms with Crippen LogP contribution in [0.25, 0.3) is 26.4 Å². The number of hydrogen-bond acceptors (Lipinski definition) is 3. The molecule has 0 aliphatic rings. The molecule has 0 amide bonds. The zero-order valence-electron chi connectivity index (χ0n) is 20.5. The summed E-state index contributed by atoms with van der Waals surface area (Å²) in [5, 5.41) is 21.8. The van der Waals surface area contributed by atoms with E-state index >= 15 is 0 Å². The van der Waals surface area contributed by atoms with Gasteiger partial charge in [-0.25, -0.2) is 0 Å². The Morgan fingerprint density at radius 2 is 0.818 bits per heavy atom. The molecule has 2 N–H and O–H groups in total. The Labute approximate surface area is 234 Å². The predicted molar refractivity (Wildman–Crippen MR) is 142 cm³/mol. The first-order chi connectivity index (χ1) is 15.2. The Bertz CT molecular complexity index is 387. The third-order valence-electron chi connectivity index (χ3n) is 4.77. The molecule has 0 radical (unpaired) electrons. The van der Waals surface area contributed by atoms with E-state index in [4.69, 9.17) is 26.8 Å². The van der Waals surface area contributed by atoms with Crippen molar-refractivity contribution < 1.29 is 39.8 Å². The maximum atomic E-state index is 8.58. The summed E-state index contributed by atoms with van der Waals surface area (Å²) in [6, 6.07) is 0. The average molecular weight is 546 g/mol. The van der Waals surface area contributed by atoms with Gasteiger partial charge in [0, 0.05) is 30.0 Å². The van der Waals surface area contributed by atoms with E-state index in [9.17, 15) is 0 Å². The number of aliphatic hydroxyl groups excluding tert-OH is 2. The van der Waals surface area contributed by atoms with Crippen LogP contribution in [-0.2, 0) is 0 Å². The summed E-state index contributed by atoms with van der Waals surface area (Å²) in [7, 11) is 0. The van der Waals surface area contributed by atoms with E-state index in [1.165, 1.54) is 94.8 Å². The number of azide groups is 1. The van der Waals surface area contributed by atoms with Gasteiger partial charge in [-0.2, -0.15) is 0 Å².